The van der Waals surface area contributed by atoms with Crippen LogP contribution in [0.1, 0.15) is 6.92 Å². The average Bonchev–Trinajstić information content (AvgIpc) is 2.30. The largest absolute Gasteiger partial charge is 0.399 e. The molecular weight excluding hydrogens is 288 g/mol. The lowest BCUT2D eigenvalue weighted by atomic mass is 10.2. The van der Waals surface area contributed by atoms with Crippen LogP contribution in [0, 0.1) is 11.6 Å². The molecule has 1 unspecified atom stereocenters. The monoisotopic (exact) mass is 305 g/mol. The molecule has 0 bridgehead atoms. The van der Waals surface area contributed by atoms with Crippen molar-refractivity contribution < 1.29 is 17.2 Å². The van der Waals surface area contributed by atoms with Crippen LogP contribution in [0.25, 0.3) is 0 Å². The first-order valence-corrected chi connectivity index (χ1v) is 7.62. The van der Waals surface area contributed by atoms with Gasteiger partial charge in [-0.05, 0) is 26.1 Å². The number of rotatable bonds is 2. The van der Waals surface area contributed by atoms with Crippen molar-refractivity contribution >= 4 is 15.7 Å². The van der Waals surface area contributed by atoms with Crippen LogP contribution < -0.4 is 5.73 Å². The number of anilines is 1. The number of nitrogen functional groups attached to an aromatic ring is 1. The van der Waals surface area contributed by atoms with Crippen LogP contribution in [-0.2, 0) is 10.0 Å². The zero-order valence-electron chi connectivity index (χ0n) is 11.3. The van der Waals surface area contributed by atoms with Crippen molar-refractivity contribution in [3.8, 4) is 0 Å². The van der Waals surface area contributed by atoms with E-state index < -0.39 is 26.6 Å². The fourth-order valence-electron chi connectivity index (χ4n) is 2.19. The molecule has 1 aromatic carbocycles. The van der Waals surface area contributed by atoms with Gasteiger partial charge in [-0.25, -0.2) is 17.2 Å². The van der Waals surface area contributed by atoms with E-state index in [1.54, 1.807) is 0 Å². The van der Waals surface area contributed by atoms with Crippen molar-refractivity contribution in [1.29, 1.82) is 0 Å². The Bertz CT molecular complexity index is 598. The van der Waals surface area contributed by atoms with Gasteiger partial charge in [-0.1, -0.05) is 0 Å². The minimum atomic E-state index is -4.20. The molecule has 2 N–H and O–H groups in total. The van der Waals surface area contributed by atoms with Crippen LogP contribution in [0.4, 0.5) is 14.5 Å². The van der Waals surface area contributed by atoms with E-state index in [4.69, 9.17) is 5.73 Å². The lowest BCUT2D eigenvalue weighted by Crippen LogP contribution is -2.52. The lowest BCUT2D eigenvalue weighted by Gasteiger charge is -2.36. The molecule has 8 heteroatoms. The number of likely N-dealkylation sites (N-methyl/N-ethyl adjacent to an activating group) is 1. The molecule has 1 aromatic rings. The van der Waals surface area contributed by atoms with E-state index in [0.717, 1.165) is 16.4 Å². The first-order chi connectivity index (χ1) is 9.23. The van der Waals surface area contributed by atoms with E-state index in [1.165, 1.54) is 0 Å². The zero-order valence-corrected chi connectivity index (χ0v) is 12.1. The van der Waals surface area contributed by atoms with Gasteiger partial charge in [-0.2, -0.15) is 4.31 Å². The predicted octanol–water partition coefficient (Wildman–Crippen LogP) is 0.872. The summed E-state index contributed by atoms with van der Waals surface area (Å²) in [4.78, 5) is 1.06. The van der Waals surface area contributed by atoms with E-state index in [-0.39, 0.29) is 24.8 Å². The second-order valence-electron chi connectivity index (χ2n) is 5.01. The number of hydrogen-bond donors (Lipinski definition) is 1. The first kappa shape index (κ1) is 15.1. The van der Waals surface area contributed by atoms with Crippen LogP contribution in [-0.4, -0.2) is 50.3 Å². The van der Waals surface area contributed by atoms with Gasteiger partial charge in [0.05, 0.1) is 0 Å². The molecule has 1 saturated heterocycles. The molecule has 2 rings (SSSR count). The maximum Gasteiger partial charge on any atom is 0.249 e. The second kappa shape index (κ2) is 5.27. The molecule has 0 saturated carbocycles. The molecule has 1 fully saturated rings. The van der Waals surface area contributed by atoms with Gasteiger partial charge in [0.2, 0.25) is 10.0 Å². The van der Waals surface area contributed by atoms with Gasteiger partial charge in [0, 0.05) is 31.4 Å². The van der Waals surface area contributed by atoms with Gasteiger partial charge >= 0.3 is 0 Å². The minimum absolute atomic E-state index is 0.0153. The summed E-state index contributed by atoms with van der Waals surface area (Å²) in [6.07, 6.45) is 0. The molecule has 0 spiro atoms. The van der Waals surface area contributed by atoms with Crippen LogP contribution in [0.5, 0.6) is 0 Å². The van der Waals surface area contributed by atoms with Crippen LogP contribution >= 0.6 is 0 Å². The molecule has 1 aliphatic rings. The highest BCUT2D eigenvalue weighted by atomic mass is 32.2. The number of sulfonamides is 1. The number of halogens is 2. The first-order valence-electron chi connectivity index (χ1n) is 6.18. The van der Waals surface area contributed by atoms with E-state index in [9.17, 15) is 17.2 Å². The third-order valence-electron chi connectivity index (χ3n) is 3.54. The molecule has 0 radical (unpaired) electrons. The van der Waals surface area contributed by atoms with Gasteiger partial charge in [-0.15, -0.1) is 0 Å². The normalized spacial score (nSPS) is 22.1. The molecule has 112 valence electrons. The van der Waals surface area contributed by atoms with Crippen molar-refractivity contribution in [2.75, 3.05) is 32.4 Å². The molecule has 5 nitrogen and oxygen atoms in total. The molecule has 0 aromatic heterocycles. The Morgan fingerprint density at radius 1 is 1.25 bits per heavy atom. The summed E-state index contributed by atoms with van der Waals surface area (Å²) in [6.45, 7) is 2.77. The number of nitrogens with zero attached hydrogens (tertiary/aromatic N) is 2. The van der Waals surface area contributed by atoms with Crippen molar-refractivity contribution in [1.82, 2.24) is 9.21 Å². The maximum absolute atomic E-state index is 13.8. The highest BCUT2D eigenvalue weighted by Crippen LogP contribution is 2.26. The fraction of sp³-hybridized carbons (Fsp3) is 0.500. The second-order valence-corrected chi connectivity index (χ2v) is 6.88. The Kier molecular flexibility index (Phi) is 3.99. The van der Waals surface area contributed by atoms with Gasteiger partial charge < -0.3 is 10.6 Å². The molecule has 20 heavy (non-hydrogen) atoms. The van der Waals surface area contributed by atoms with Crippen molar-refractivity contribution in [3.63, 3.8) is 0 Å². The molecular formula is C12H17F2N3O2S. The van der Waals surface area contributed by atoms with Crippen LogP contribution in [0.3, 0.4) is 0 Å². The summed E-state index contributed by atoms with van der Waals surface area (Å²) in [5.41, 5.74) is 5.15. The Morgan fingerprint density at radius 2 is 1.80 bits per heavy atom. The quantitative estimate of drug-likeness (QED) is 0.824. The highest BCUT2D eigenvalue weighted by Gasteiger charge is 2.34. The van der Waals surface area contributed by atoms with Crippen molar-refractivity contribution in [2.45, 2.75) is 17.9 Å². The van der Waals surface area contributed by atoms with Crippen LogP contribution in [0.2, 0.25) is 0 Å². The topological polar surface area (TPSA) is 66.6 Å². The Morgan fingerprint density at radius 3 is 2.30 bits per heavy atom. The van der Waals surface area contributed by atoms with Gasteiger partial charge in [0.15, 0.2) is 4.90 Å². The van der Waals surface area contributed by atoms with Gasteiger partial charge in [-0.3, -0.25) is 0 Å². The summed E-state index contributed by atoms with van der Waals surface area (Å²) in [6, 6.07) is 1.61. The smallest absolute Gasteiger partial charge is 0.249 e. The Balaban J connectivity index is 2.41. The number of benzene rings is 1. The van der Waals surface area contributed by atoms with Gasteiger partial charge in [0.1, 0.15) is 11.6 Å². The van der Waals surface area contributed by atoms with Gasteiger partial charge in [0.25, 0.3) is 0 Å². The third-order valence-corrected chi connectivity index (χ3v) is 5.46. The zero-order chi connectivity index (χ0) is 15.1. The maximum atomic E-state index is 13.8. The molecule has 1 heterocycles. The number of hydrogen-bond acceptors (Lipinski definition) is 4. The van der Waals surface area contributed by atoms with Crippen molar-refractivity contribution in [2.24, 2.45) is 0 Å². The number of nitrogens with two attached hydrogens (primary N) is 1. The Labute approximate surface area is 117 Å². The number of piperazine rings is 1. The SMILES string of the molecule is CC1CN(S(=O)(=O)c2c(F)cc(N)cc2F)CCN1C. The average molecular weight is 305 g/mol. The van der Waals surface area contributed by atoms with E-state index in [1.807, 2.05) is 18.9 Å². The van der Waals surface area contributed by atoms with E-state index in [2.05, 4.69) is 0 Å². The molecule has 1 atom stereocenters. The standard InChI is InChI=1S/C12H17F2N3O2S/c1-8-7-17(4-3-16(8)2)20(18,19)12-10(13)5-9(15)6-11(12)14/h5-6,8H,3-4,7,15H2,1-2H3. The summed E-state index contributed by atoms with van der Waals surface area (Å²) in [5, 5.41) is 0. The van der Waals surface area contributed by atoms with Crippen LogP contribution in [0.15, 0.2) is 17.0 Å². The summed E-state index contributed by atoms with van der Waals surface area (Å²) in [5.74, 6) is -2.32. The third kappa shape index (κ3) is 2.63. The highest BCUT2D eigenvalue weighted by molar-refractivity contribution is 7.89. The lowest BCUT2D eigenvalue weighted by molar-refractivity contribution is 0.159. The predicted molar refractivity (Wildman–Crippen MR) is 71.6 cm³/mol. The summed E-state index contributed by atoms with van der Waals surface area (Å²) >= 11 is 0. The Hall–Kier alpha value is -1.25. The fourth-order valence-corrected chi connectivity index (χ4v) is 3.79. The summed E-state index contributed by atoms with van der Waals surface area (Å²) in [7, 11) is -2.32. The van der Waals surface area contributed by atoms with E-state index in [0.29, 0.717) is 6.54 Å². The summed E-state index contributed by atoms with van der Waals surface area (Å²) < 4.78 is 53.5. The van der Waals surface area contributed by atoms with E-state index >= 15 is 0 Å². The molecule has 1 aliphatic heterocycles. The molecule has 0 aliphatic carbocycles. The molecule has 0 amide bonds. The van der Waals surface area contributed by atoms with Crippen molar-refractivity contribution in [3.05, 3.63) is 23.8 Å². The minimum Gasteiger partial charge on any atom is -0.399 e.